The van der Waals surface area contributed by atoms with E-state index in [4.69, 9.17) is 0 Å². The Morgan fingerprint density at radius 2 is 1.90 bits per heavy atom. The lowest BCUT2D eigenvalue weighted by atomic mass is 9.99. The van der Waals surface area contributed by atoms with Gasteiger partial charge in [-0.05, 0) is 38.0 Å². The van der Waals surface area contributed by atoms with E-state index in [-0.39, 0.29) is 5.56 Å². The fraction of sp³-hybridized carbons (Fsp3) is 0.500. The Hall–Kier alpha value is -1.04. The van der Waals surface area contributed by atoms with Crippen LogP contribution in [0.3, 0.4) is 0 Å². The normalized spacial score (nSPS) is 18.1. The number of benzene rings is 1. The van der Waals surface area contributed by atoms with Crippen LogP contribution in [-0.2, 0) is 6.18 Å². The van der Waals surface area contributed by atoms with Crippen LogP contribution in [0.1, 0.15) is 48.5 Å². The van der Waals surface area contributed by atoms with E-state index in [0.29, 0.717) is 4.47 Å². The van der Waals surface area contributed by atoms with Crippen molar-refractivity contribution in [1.29, 1.82) is 0 Å². The van der Waals surface area contributed by atoms with Crippen molar-refractivity contribution in [2.45, 2.75) is 44.3 Å². The molecule has 1 amide bonds. The molecule has 2 nitrogen and oxygen atoms in total. The topological polar surface area (TPSA) is 29.1 Å². The van der Waals surface area contributed by atoms with Gasteiger partial charge in [-0.25, -0.2) is 0 Å². The number of rotatable bonds is 2. The average molecular weight is 350 g/mol. The van der Waals surface area contributed by atoms with Crippen LogP contribution >= 0.6 is 15.9 Å². The van der Waals surface area contributed by atoms with Gasteiger partial charge in [0.05, 0.1) is 11.1 Å². The van der Waals surface area contributed by atoms with Crippen LogP contribution in [-0.4, -0.2) is 11.4 Å². The minimum absolute atomic E-state index is 0.299. The Kier molecular flexibility index (Phi) is 4.14. The first-order chi connectivity index (χ1) is 9.21. The van der Waals surface area contributed by atoms with Gasteiger partial charge in [-0.3, -0.25) is 4.79 Å². The molecule has 1 aliphatic rings. The molecule has 0 aromatic heterocycles. The molecule has 1 aromatic rings. The van der Waals surface area contributed by atoms with Crippen LogP contribution in [0.15, 0.2) is 22.7 Å². The Labute approximate surface area is 123 Å². The quantitative estimate of drug-likeness (QED) is 0.834. The van der Waals surface area contributed by atoms with Crippen molar-refractivity contribution in [3.63, 3.8) is 0 Å². The summed E-state index contributed by atoms with van der Waals surface area (Å²) in [5.41, 5.74) is -1.63. The maximum Gasteiger partial charge on any atom is 0.417 e. The first kappa shape index (κ1) is 15.4. The number of carbonyl (C=O) groups excluding carboxylic acids is 1. The number of alkyl halides is 3. The van der Waals surface area contributed by atoms with Crippen molar-refractivity contribution in [2.24, 2.45) is 0 Å². The summed E-state index contributed by atoms with van der Waals surface area (Å²) in [6, 6.07) is 3.59. The standard InChI is InChI=1S/C14H15BrF3NO/c1-13(6-2-3-7-13)19-12(20)10-5-4-9(15)8-11(10)14(16,17)18/h4-5,8H,2-3,6-7H2,1H3,(H,19,20). The Morgan fingerprint density at radius 1 is 1.30 bits per heavy atom. The van der Waals surface area contributed by atoms with Crippen molar-refractivity contribution in [1.82, 2.24) is 5.32 Å². The van der Waals surface area contributed by atoms with Crippen LogP contribution < -0.4 is 5.32 Å². The molecule has 0 unspecified atom stereocenters. The molecule has 110 valence electrons. The molecule has 2 rings (SSSR count). The first-order valence-electron chi connectivity index (χ1n) is 6.41. The zero-order valence-electron chi connectivity index (χ0n) is 11.0. The number of carbonyl (C=O) groups is 1. The molecule has 0 aliphatic heterocycles. The monoisotopic (exact) mass is 349 g/mol. The summed E-state index contributed by atoms with van der Waals surface area (Å²) in [4.78, 5) is 12.2. The lowest BCUT2D eigenvalue weighted by molar-refractivity contribution is -0.138. The van der Waals surface area contributed by atoms with E-state index in [1.807, 2.05) is 6.92 Å². The summed E-state index contributed by atoms with van der Waals surface area (Å²) < 4.78 is 39.3. The van der Waals surface area contributed by atoms with Gasteiger partial charge in [0.2, 0.25) is 0 Å². The van der Waals surface area contributed by atoms with Crippen molar-refractivity contribution in [2.75, 3.05) is 0 Å². The third-order valence-electron chi connectivity index (χ3n) is 3.65. The molecule has 1 fully saturated rings. The van der Waals surface area contributed by atoms with Gasteiger partial charge in [0, 0.05) is 10.0 Å². The summed E-state index contributed by atoms with van der Waals surface area (Å²) in [7, 11) is 0. The third-order valence-corrected chi connectivity index (χ3v) is 4.15. The van der Waals surface area contributed by atoms with Gasteiger partial charge < -0.3 is 5.32 Å². The van der Waals surface area contributed by atoms with E-state index in [9.17, 15) is 18.0 Å². The summed E-state index contributed by atoms with van der Waals surface area (Å²) >= 11 is 3.00. The van der Waals surface area contributed by atoms with E-state index in [1.165, 1.54) is 12.1 Å². The van der Waals surface area contributed by atoms with Gasteiger partial charge in [-0.1, -0.05) is 28.8 Å². The van der Waals surface area contributed by atoms with Crippen LogP contribution in [0.5, 0.6) is 0 Å². The highest BCUT2D eigenvalue weighted by atomic mass is 79.9. The van der Waals surface area contributed by atoms with Crippen molar-refractivity contribution in [3.8, 4) is 0 Å². The van der Waals surface area contributed by atoms with Gasteiger partial charge in [-0.2, -0.15) is 13.2 Å². The third kappa shape index (κ3) is 3.34. The second-order valence-corrected chi connectivity index (χ2v) is 6.33. The van der Waals surface area contributed by atoms with Crippen LogP contribution in [0.4, 0.5) is 13.2 Å². The van der Waals surface area contributed by atoms with E-state index >= 15 is 0 Å². The molecule has 0 spiro atoms. The fourth-order valence-electron chi connectivity index (χ4n) is 2.57. The number of amides is 1. The van der Waals surface area contributed by atoms with E-state index in [2.05, 4.69) is 21.2 Å². The predicted molar refractivity (Wildman–Crippen MR) is 73.5 cm³/mol. The number of hydrogen-bond acceptors (Lipinski definition) is 1. The summed E-state index contributed by atoms with van der Waals surface area (Å²) in [5.74, 6) is -0.658. The van der Waals surface area contributed by atoms with Crippen LogP contribution in [0.25, 0.3) is 0 Å². The zero-order valence-corrected chi connectivity index (χ0v) is 12.6. The molecule has 0 radical (unpaired) electrons. The maximum absolute atomic E-state index is 13.0. The van der Waals surface area contributed by atoms with E-state index in [1.54, 1.807) is 0 Å². The Bertz CT molecular complexity index is 522. The number of halogens is 4. The molecule has 0 heterocycles. The van der Waals surface area contributed by atoms with Crippen molar-refractivity contribution < 1.29 is 18.0 Å². The average Bonchev–Trinajstić information content (AvgIpc) is 2.74. The summed E-state index contributed by atoms with van der Waals surface area (Å²) in [6.45, 7) is 1.88. The fourth-order valence-corrected chi connectivity index (χ4v) is 2.93. The predicted octanol–water partition coefficient (Wildman–Crippen LogP) is 4.53. The van der Waals surface area contributed by atoms with Gasteiger partial charge in [0.25, 0.3) is 5.91 Å². The summed E-state index contributed by atoms with van der Waals surface area (Å²) in [5, 5.41) is 2.75. The highest BCUT2D eigenvalue weighted by Gasteiger charge is 2.37. The molecular weight excluding hydrogens is 335 g/mol. The lowest BCUT2D eigenvalue weighted by Crippen LogP contribution is -2.44. The zero-order chi connectivity index (χ0) is 15.0. The first-order valence-corrected chi connectivity index (χ1v) is 7.20. The van der Waals surface area contributed by atoms with Crippen LogP contribution in [0.2, 0.25) is 0 Å². The molecule has 1 aromatic carbocycles. The maximum atomic E-state index is 13.0. The number of hydrogen-bond donors (Lipinski definition) is 1. The van der Waals surface area contributed by atoms with Crippen molar-refractivity contribution in [3.05, 3.63) is 33.8 Å². The largest absolute Gasteiger partial charge is 0.417 e. The van der Waals surface area contributed by atoms with Gasteiger partial charge >= 0.3 is 6.18 Å². The van der Waals surface area contributed by atoms with Gasteiger partial charge in [-0.15, -0.1) is 0 Å². The highest BCUT2D eigenvalue weighted by Crippen LogP contribution is 2.35. The molecule has 0 bridgehead atoms. The number of nitrogens with one attached hydrogen (secondary N) is 1. The minimum atomic E-state index is -4.55. The van der Waals surface area contributed by atoms with Crippen LogP contribution in [0, 0.1) is 0 Å². The minimum Gasteiger partial charge on any atom is -0.347 e. The molecule has 20 heavy (non-hydrogen) atoms. The molecule has 1 N–H and O–H groups in total. The van der Waals surface area contributed by atoms with Gasteiger partial charge in [0.15, 0.2) is 0 Å². The molecule has 6 heteroatoms. The van der Waals surface area contributed by atoms with E-state index < -0.39 is 23.2 Å². The van der Waals surface area contributed by atoms with E-state index in [0.717, 1.165) is 31.7 Å². The molecule has 1 saturated carbocycles. The van der Waals surface area contributed by atoms with Crippen molar-refractivity contribution >= 4 is 21.8 Å². The summed E-state index contributed by atoms with van der Waals surface area (Å²) in [6.07, 6.45) is -0.966. The highest BCUT2D eigenvalue weighted by molar-refractivity contribution is 9.10. The Balaban J connectivity index is 2.30. The molecular formula is C14H15BrF3NO. The molecule has 0 saturated heterocycles. The molecule has 0 atom stereocenters. The second kappa shape index (κ2) is 5.39. The Morgan fingerprint density at radius 3 is 2.45 bits per heavy atom. The van der Waals surface area contributed by atoms with Gasteiger partial charge in [0.1, 0.15) is 0 Å². The molecule has 1 aliphatic carbocycles. The smallest absolute Gasteiger partial charge is 0.347 e. The SMILES string of the molecule is CC1(NC(=O)c2ccc(Br)cc2C(F)(F)F)CCCC1. The second-order valence-electron chi connectivity index (χ2n) is 5.41. The lowest BCUT2D eigenvalue weighted by Gasteiger charge is -2.26.